The van der Waals surface area contributed by atoms with Gasteiger partial charge in [0.15, 0.2) is 0 Å². The first-order valence-electron chi connectivity index (χ1n) is 13.1. The second kappa shape index (κ2) is 9.65. The van der Waals surface area contributed by atoms with E-state index in [9.17, 15) is 0 Å². The molecule has 0 unspecified atom stereocenters. The van der Waals surface area contributed by atoms with Gasteiger partial charge in [0.05, 0.1) is 5.52 Å². The van der Waals surface area contributed by atoms with Gasteiger partial charge < -0.3 is 9.80 Å². The van der Waals surface area contributed by atoms with Crippen molar-refractivity contribution in [3.8, 4) is 0 Å². The van der Waals surface area contributed by atoms with Crippen LogP contribution in [-0.2, 0) is 19.5 Å². The molecule has 5 heteroatoms. The Bertz CT molecular complexity index is 1130. The fraction of sp³-hybridized carbons (Fsp3) is 0.483. The maximum Gasteiger partial charge on any atom is 0.0705 e. The van der Waals surface area contributed by atoms with Crippen LogP contribution in [0.25, 0.3) is 10.9 Å². The molecule has 0 amide bonds. The monoisotopic (exact) mass is 455 g/mol. The molecule has 6 rings (SSSR count). The van der Waals surface area contributed by atoms with E-state index < -0.39 is 0 Å². The number of piperidine rings is 1. The van der Waals surface area contributed by atoms with Gasteiger partial charge in [0, 0.05) is 75.0 Å². The highest BCUT2D eigenvalue weighted by Crippen LogP contribution is 2.33. The molecule has 0 aliphatic carbocycles. The van der Waals surface area contributed by atoms with E-state index in [4.69, 9.17) is 4.98 Å². The first-order valence-corrected chi connectivity index (χ1v) is 13.1. The van der Waals surface area contributed by atoms with Gasteiger partial charge in [0.25, 0.3) is 0 Å². The third-order valence-corrected chi connectivity index (χ3v) is 8.22. The number of fused-ring (bicyclic) bond motifs is 2. The minimum atomic E-state index is 0.791. The van der Waals surface area contributed by atoms with Gasteiger partial charge in [-0.3, -0.25) is 14.8 Å². The minimum absolute atomic E-state index is 0.791. The van der Waals surface area contributed by atoms with Gasteiger partial charge >= 0.3 is 0 Å². The quantitative estimate of drug-likeness (QED) is 0.579. The predicted molar refractivity (Wildman–Crippen MR) is 140 cm³/mol. The van der Waals surface area contributed by atoms with Gasteiger partial charge in [-0.05, 0) is 62.3 Å². The summed E-state index contributed by atoms with van der Waals surface area (Å²) in [6.07, 6.45) is 3.67. The summed E-state index contributed by atoms with van der Waals surface area (Å²) in [5.41, 5.74) is 6.85. The lowest BCUT2D eigenvalue weighted by Crippen LogP contribution is -2.53. The van der Waals surface area contributed by atoms with Crippen LogP contribution in [0.3, 0.4) is 0 Å². The third kappa shape index (κ3) is 4.57. The van der Waals surface area contributed by atoms with Crippen molar-refractivity contribution in [3.05, 3.63) is 71.4 Å². The van der Waals surface area contributed by atoms with E-state index in [1.54, 1.807) is 5.56 Å². The maximum absolute atomic E-state index is 4.88. The van der Waals surface area contributed by atoms with E-state index in [0.717, 1.165) is 50.7 Å². The zero-order chi connectivity index (χ0) is 22.9. The van der Waals surface area contributed by atoms with Gasteiger partial charge in [-0.2, -0.15) is 0 Å². The van der Waals surface area contributed by atoms with E-state index in [-0.39, 0.29) is 0 Å². The average molecular weight is 456 g/mol. The number of anilines is 1. The van der Waals surface area contributed by atoms with Gasteiger partial charge in [-0.25, -0.2) is 0 Å². The summed E-state index contributed by atoms with van der Waals surface area (Å²) in [6, 6.07) is 20.6. The van der Waals surface area contributed by atoms with Crippen LogP contribution in [0, 0.1) is 0 Å². The van der Waals surface area contributed by atoms with Crippen LogP contribution < -0.4 is 4.90 Å². The summed E-state index contributed by atoms with van der Waals surface area (Å²) >= 11 is 0. The predicted octanol–water partition coefficient (Wildman–Crippen LogP) is 4.01. The molecular weight excluding hydrogens is 418 g/mol. The molecule has 34 heavy (non-hydrogen) atoms. The largest absolute Gasteiger partial charge is 0.369 e. The van der Waals surface area contributed by atoms with Gasteiger partial charge in [0.1, 0.15) is 0 Å². The van der Waals surface area contributed by atoms with E-state index >= 15 is 0 Å². The molecule has 3 aliphatic heterocycles. The summed E-state index contributed by atoms with van der Waals surface area (Å²) in [7, 11) is 2.26. The molecule has 4 heterocycles. The highest BCUT2D eigenvalue weighted by atomic mass is 15.3. The molecule has 3 aliphatic rings. The Morgan fingerprint density at radius 1 is 0.824 bits per heavy atom. The maximum atomic E-state index is 4.88. The first kappa shape index (κ1) is 22.0. The number of aromatic nitrogens is 1. The molecule has 0 radical (unpaired) electrons. The van der Waals surface area contributed by atoms with Gasteiger partial charge in [0.2, 0.25) is 0 Å². The standard InChI is InChI=1S/C29H37N5/c1-31-14-12-26(13-15-31)33-17-19-34(20-18-33)29-8-4-6-24-21-32(22-27(24)29)16-11-25-10-9-23-5-2-3-7-28(23)30-25/h2-10,26H,11-22H2,1H3. The first-order chi connectivity index (χ1) is 16.7. The summed E-state index contributed by atoms with van der Waals surface area (Å²) in [5.74, 6) is 0. The van der Waals surface area contributed by atoms with E-state index in [1.807, 2.05) is 0 Å². The molecule has 0 saturated carbocycles. The van der Waals surface area contributed by atoms with Crippen LogP contribution in [-0.4, -0.2) is 78.6 Å². The molecule has 1 aromatic heterocycles. The lowest BCUT2D eigenvalue weighted by molar-refractivity contribution is 0.115. The molecule has 5 nitrogen and oxygen atoms in total. The summed E-state index contributed by atoms with van der Waals surface area (Å²) in [5, 5.41) is 1.22. The molecular formula is C29H37N5. The number of piperazine rings is 1. The number of nitrogens with zero attached hydrogens (tertiary/aromatic N) is 5. The number of rotatable bonds is 5. The molecule has 3 aromatic rings. The average Bonchev–Trinajstić information content (AvgIpc) is 3.31. The van der Waals surface area contributed by atoms with Crippen LogP contribution in [0.1, 0.15) is 29.7 Å². The molecule has 2 saturated heterocycles. The fourth-order valence-corrected chi connectivity index (χ4v) is 6.13. The molecule has 0 atom stereocenters. The number of hydrogen-bond donors (Lipinski definition) is 0. The highest BCUT2D eigenvalue weighted by molar-refractivity contribution is 5.78. The number of benzene rings is 2. The van der Waals surface area contributed by atoms with E-state index in [0.29, 0.717) is 0 Å². The van der Waals surface area contributed by atoms with Gasteiger partial charge in [-0.15, -0.1) is 0 Å². The number of likely N-dealkylation sites (tertiary alicyclic amines) is 1. The van der Waals surface area contributed by atoms with Crippen LogP contribution in [0.4, 0.5) is 5.69 Å². The van der Waals surface area contributed by atoms with Crippen LogP contribution >= 0.6 is 0 Å². The molecule has 0 N–H and O–H groups in total. The van der Waals surface area contributed by atoms with Crippen LogP contribution in [0.15, 0.2) is 54.6 Å². The second-order valence-corrected chi connectivity index (χ2v) is 10.4. The molecule has 0 spiro atoms. The van der Waals surface area contributed by atoms with Crippen molar-refractivity contribution < 1.29 is 0 Å². The van der Waals surface area contributed by atoms with Crippen molar-refractivity contribution in [2.45, 2.75) is 38.4 Å². The number of pyridine rings is 1. The SMILES string of the molecule is CN1CCC(N2CCN(c3cccc4c3CN(CCc3ccc5ccccc5n3)C4)CC2)CC1. The zero-order valence-electron chi connectivity index (χ0n) is 20.5. The smallest absolute Gasteiger partial charge is 0.0705 e. The van der Waals surface area contributed by atoms with E-state index in [2.05, 4.69) is 81.2 Å². The van der Waals surface area contributed by atoms with Crippen molar-refractivity contribution in [1.82, 2.24) is 19.7 Å². The topological polar surface area (TPSA) is 25.9 Å². The summed E-state index contributed by atoms with van der Waals surface area (Å²) < 4.78 is 0. The Morgan fingerprint density at radius 2 is 1.65 bits per heavy atom. The molecule has 0 bridgehead atoms. The Kier molecular flexibility index (Phi) is 6.25. The normalized spacial score (nSPS) is 20.8. The molecule has 2 aromatic carbocycles. The number of hydrogen-bond acceptors (Lipinski definition) is 5. The van der Waals surface area contributed by atoms with E-state index in [1.165, 1.54) is 61.4 Å². The van der Waals surface area contributed by atoms with Gasteiger partial charge in [-0.1, -0.05) is 36.4 Å². The fourth-order valence-electron chi connectivity index (χ4n) is 6.13. The summed E-state index contributed by atoms with van der Waals surface area (Å²) in [4.78, 5) is 15.4. The Morgan fingerprint density at radius 3 is 2.50 bits per heavy atom. The molecule has 178 valence electrons. The highest BCUT2D eigenvalue weighted by Gasteiger charge is 2.29. The van der Waals surface area contributed by atoms with Crippen molar-refractivity contribution in [3.63, 3.8) is 0 Å². The van der Waals surface area contributed by atoms with Crippen molar-refractivity contribution in [2.75, 3.05) is 57.8 Å². The lowest BCUT2D eigenvalue weighted by atomic mass is 10.0. The Labute approximate surface area is 204 Å². The summed E-state index contributed by atoms with van der Waals surface area (Å²) in [6.45, 7) is 10.4. The third-order valence-electron chi connectivity index (χ3n) is 8.22. The molecule has 2 fully saturated rings. The van der Waals surface area contributed by atoms with Crippen LogP contribution in [0.2, 0.25) is 0 Å². The Hall–Kier alpha value is -2.47. The van der Waals surface area contributed by atoms with Crippen LogP contribution in [0.5, 0.6) is 0 Å². The minimum Gasteiger partial charge on any atom is -0.369 e. The van der Waals surface area contributed by atoms with Crippen molar-refractivity contribution in [1.29, 1.82) is 0 Å². The Balaban J connectivity index is 1.07. The zero-order valence-corrected chi connectivity index (χ0v) is 20.5. The lowest BCUT2D eigenvalue weighted by Gasteiger charge is -2.43. The van der Waals surface area contributed by atoms with Crippen molar-refractivity contribution in [2.24, 2.45) is 0 Å². The number of para-hydroxylation sites is 1. The second-order valence-electron chi connectivity index (χ2n) is 10.4. The van der Waals surface area contributed by atoms with Crippen molar-refractivity contribution >= 4 is 16.6 Å².